The average molecular weight is 304 g/mol. The average Bonchev–Trinajstić information content (AvgIpc) is 2.99. The molecule has 0 bridgehead atoms. The van der Waals surface area contributed by atoms with E-state index in [0.717, 1.165) is 38.1 Å². The summed E-state index contributed by atoms with van der Waals surface area (Å²) in [5, 5.41) is 6.93. The van der Waals surface area contributed by atoms with Crippen LogP contribution in [0.15, 0.2) is 35.7 Å². The first-order chi connectivity index (χ1) is 10.3. The van der Waals surface area contributed by atoms with Crippen LogP contribution < -0.4 is 5.32 Å². The van der Waals surface area contributed by atoms with Crippen LogP contribution in [0.2, 0.25) is 0 Å². The van der Waals surface area contributed by atoms with E-state index < -0.39 is 0 Å². The molecule has 2 aromatic rings. The highest BCUT2D eigenvalue weighted by Gasteiger charge is 2.12. The van der Waals surface area contributed by atoms with Crippen molar-refractivity contribution in [3.05, 3.63) is 40.7 Å². The standard InChI is InChI=1S/C17H24N2OS/c1-3-10-18-15(9-11-20-2)12-17-19-16(13-21-17)14-7-5-4-6-8-14/h4-8,13,15,18H,3,9-12H2,1-2H3. The summed E-state index contributed by atoms with van der Waals surface area (Å²) in [5.41, 5.74) is 2.27. The SMILES string of the molecule is CCCNC(CCOC)Cc1nc(-c2ccccc2)cs1. The van der Waals surface area contributed by atoms with Crippen molar-refractivity contribution < 1.29 is 4.74 Å². The van der Waals surface area contributed by atoms with Crippen LogP contribution in [0.4, 0.5) is 0 Å². The van der Waals surface area contributed by atoms with Gasteiger partial charge in [-0.25, -0.2) is 4.98 Å². The van der Waals surface area contributed by atoms with Crippen molar-refractivity contribution in [3.63, 3.8) is 0 Å². The molecule has 1 N–H and O–H groups in total. The Kier molecular flexibility index (Phi) is 6.86. The quantitative estimate of drug-likeness (QED) is 0.766. The molecule has 1 unspecified atom stereocenters. The summed E-state index contributed by atoms with van der Waals surface area (Å²) in [6.45, 7) is 4.03. The highest BCUT2D eigenvalue weighted by Crippen LogP contribution is 2.22. The maximum absolute atomic E-state index is 5.21. The lowest BCUT2D eigenvalue weighted by Crippen LogP contribution is -2.32. The maximum atomic E-state index is 5.21. The number of hydrogen-bond acceptors (Lipinski definition) is 4. The van der Waals surface area contributed by atoms with Crippen LogP contribution in [0.3, 0.4) is 0 Å². The van der Waals surface area contributed by atoms with Crippen LogP contribution in [0.25, 0.3) is 11.3 Å². The summed E-state index contributed by atoms with van der Waals surface area (Å²) in [4.78, 5) is 4.77. The monoisotopic (exact) mass is 304 g/mol. The molecule has 0 radical (unpaired) electrons. The first kappa shape index (κ1) is 16.1. The first-order valence-corrected chi connectivity index (χ1v) is 8.43. The van der Waals surface area contributed by atoms with E-state index in [1.807, 2.05) is 6.07 Å². The fourth-order valence-corrected chi connectivity index (χ4v) is 3.13. The Morgan fingerprint density at radius 2 is 2.10 bits per heavy atom. The summed E-state index contributed by atoms with van der Waals surface area (Å²) < 4.78 is 5.21. The number of ether oxygens (including phenoxy) is 1. The molecule has 1 atom stereocenters. The van der Waals surface area contributed by atoms with E-state index in [0.29, 0.717) is 6.04 Å². The van der Waals surface area contributed by atoms with Gasteiger partial charge in [0.05, 0.1) is 10.7 Å². The smallest absolute Gasteiger partial charge is 0.0948 e. The predicted octanol–water partition coefficient (Wildman–Crippen LogP) is 3.76. The van der Waals surface area contributed by atoms with Gasteiger partial charge in [0.2, 0.25) is 0 Å². The zero-order valence-electron chi connectivity index (χ0n) is 12.8. The van der Waals surface area contributed by atoms with Crippen molar-refractivity contribution in [3.8, 4) is 11.3 Å². The molecule has 0 aliphatic carbocycles. The van der Waals surface area contributed by atoms with Gasteiger partial charge in [0.1, 0.15) is 0 Å². The summed E-state index contributed by atoms with van der Waals surface area (Å²) >= 11 is 1.75. The number of rotatable bonds is 9. The Morgan fingerprint density at radius 1 is 1.29 bits per heavy atom. The first-order valence-electron chi connectivity index (χ1n) is 7.55. The van der Waals surface area contributed by atoms with Crippen molar-refractivity contribution in [2.75, 3.05) is 20.3 Å². The van der Waals surface area contributed by atoms with Gasteiger partial charge < -0.3 is 10.1 Å². The van der Waals surface area contributed by atoms with E-state index in [1.54, 1.807) is 18.4 Å². The lowest BCUT2D eigenvalue weighted by molar-refractivity contribution is 0.182. The molecule has 0 fully saturated rings. The van der Waals surface area contributed by atoms with Crippen LogP contribution in [-0.2, 0) is 11.2 Å². The van der Waals surface area contributed by atoms with Gasteiger partial charge in [-0.15, -0.1) is 11.3 Å². The van der Waals surface area contributed by atoms with Gasteiger partial charge in [0.25, 0.3) is 0 Å². The van der Waals surface area contributed by atoms with E-state index >= 15 is 0 Å². The summed E-state index contributed by atoms with van der Waals surface area (Å²) in [6.07, 6.45) is 3.15. The molecular weight excluding hydrogens is 280 g/mol. The molecule has 1 aromatic heterocycles. The second-order valence-corrected chi connectivity index (χ2v) is 6.07. The number of hydrogen-bond donors (Lipinski definition) is 1. The molecule has 4 heteroatoms. The van der Waals surface area contributed by atoms with Gasteiger partial charge in [0, 0.05) is 37.1 Å². The van der Waals surface area contributed by atoms with E-state index in [9.17, 15) is 0 Å². The zero-order valence-corrected chi connectivity index (χ0v) is 13.7. The van der Waals surface area contributed by atoms with Crippen LogP contribution in [0, 0.1) is 0 Å². The van der Waals surface area contributed by atoms with E-state index in [2.05, 4.69) is 41.9 Å². The Bertz CT molecular complexity index is 505. The van der Waals surface area contributed by atoms with Crippen molar-refractivity contribution >= 4 is 11.3 Å². The molecule has 0 saturated carbocycles. The minimum atomic E-state index is 0.444. The second-order valence-electron chi connectivity index (χ2n) is 5.13. The highest BCUT2D eigenvalue weighted by molar-refractivity contribution is 7.09. The molecule has 0 aliphatic rings. The molecular formula is C17H24N2OS. The van der Waals surface area contributed by atoms with Crippen molar-refractivity contribution in [2.24, 2.45) is 0 Å². The molecule has 2 rings (SSSR count). The fourth-order valence-electron chi connectivity index (χ4n) is 2.24. The second kappa shape index (κ2) is 8.93. The van der Waals surface area contributed by atoms with Gasteiger partial charge in [-0.05, 0) is 19.4 Å². The molecule has 0 spiro atoms. The number of methoxy groups -OCH3 is 1. The van der Waals surface area contributed by atoms with Crippen LogP contribution in [0.1, 0.15) is 24.8 Å². The molecule has 1 aromatic carbocycles. The van der Waals surface area contributed by atoms with Gasteiger partial charge in [-0.1, -0.05) is 37.3 Å². The third-order valence-corrected chi connectivity index (χ3v) is 4.27. The molecule has 0 aliphatic heterocycles. The van der Waals surface area contributed by atoms with Gasteiger partial charge in [-0.3, -0.25) is 0 Å². The summed E-state index contributed by atoms with van der Waals surface area (Å²) in [6, 6.07) is 10.8. The van der Waals surface area contributed by atoms with Crippen molar-refractivity contribution in [1.29, 1.82) is 0 Å². The van der Waals surface area contributed by atoms with Gasteiger partial charge >= 0.3 is 0 Å². The predicted molar refractivity (Wildman–Crippen MR) is 89.8 cm³/mol. The Labute approximate surface area is 131 Å². The number of nitrogens with zero attached hydrogens (tertiary/aromatic N) is 1. The lowest BCUT2D eigenvalue weighted by Gasteiger charge is -2.16. The normalized spacial score (nSPS) is 12.5. The van der Waals surface area contributed by atoms with Crippen LogP contribution in [-0.4, -0.2) is 31.3 Å². The number of aromatic nitrogens is 1. The fraction of sp³-hybridized carbons (Fsp3) is 0.471. The molecule has 21 heavy (non-hydrogen) atoms. The maximum Gasteiger partial charge on any atom is 0.0948 e. The Morgan fingerprint density at radius 3 is 2.81 bits per heavy atom. The third-order valence-electron chi connectivity index (χ3n) is 3.40. The van der Waals surface area contributed by atoms with Gasteiger partial charge in [0.15, 0.2) is 0 Å². The largest absolute Gasteiger partial charge is 0.385 e. The van der Waals surface area contributed by atoms with Crippen LogP contribution in [0.5, 0.6) is 0 Å². The van der Waals surface area contributed by atoms with Gasteiger partial charge in [-0.2, -0.15) is 0 Å². The third kappa shape index (κ3) is 5.23. The zero-order chi connectivity index (χ0) is 14.9. The molecule has 1 heterocycles. The Hall–Kier alpha value is -1.23. The molecule has 0 amide bonds. The van der Waals surface area contributed by atoms with Crippen molar-refractivity contribution in [2.45, 2.75) is 32.2 Å². The Balaban J connectivity index is 1.98. The minimum absolute atomic E-state index is 0.444. The lowest BCUT2D eigenvalue weighted by atomic mass is 10.1. The number of benzene rings is 1. The summed E-state index contributed by atoms with van der Waals surface area (Å²) in [7, 11) is 1.76. The topological polar surface area (TPSA) is 34.1 Å². The summed E-state index contributed by atoms with van der Waals surface area (Å²) in [5.74, 6) is 0. The van der Waals surface area contributed by atoms with E-state index in [-0.39, 0.29) is 0 Å². The molecule has 3 nitrogen and oxygen atoms in total. The minimum Gasteiger partial charge on any atom is -0.385 e. The van der Waals surface area contributed by atoms with Crippen molar-refractivity contribution in [1.82, 2.24) is 10.3 Å². The van der Waals surface area contributed by atoms with E-state index in [4.69, 9.17) is 9.72 Å². The molecule has 114 valence electrons. The highest BCUT2D eigenvalue weighted by atomic mass is 32.1. The van der Waals surface area contributed by atoms with Crippen LogP contribution >= 0.6 is 11.3 Å². The molecule has 0 saturated heterocycles. The number of nitrogens with one attached hydrogen (secondary N) is 1. The van der Waals surface area contributed by atoms with E-state index in [1.165, 1.54) is 10.6 Å². The number of thiazole rings is 1.